The summed E-state index contributed by atoms with van der Waals surface area (Å²) in [6.07, 6.45) is -0.308. The second-order valence-electron chi connectivity index (χ2n) is 9.06. The van der Waals surface area contributed by atoms with Gasteiger partial charge in [-0.15, -0.1) is 0 Å². The number of benzene rings is 2. The van der Waals surface area contributed by atoms with Crippen LogP contribution in [0.1, 0.15) is 36.0 Å². The van der Waals surface area contributed by atoms with E-state index in [0.717, 1.165) is 49.0 Å². The largest absolute Gasteiger partial charge is 0.508 e. The number of fused-ring (bicyclic) bond motifs is 4. The van der Waals surface area contributed by atoms with Crippen LogP contribution in [0.3, 0.4) is 0 Å². The molecule has 2 aromatic rings. The third kappa shape index (κ3) is 4.06. The zero-order valence-corrected chi connectivity index (χ0v) is 17.8. The Kier molecular flexibility index (Phi) is 5.24. The fraction of sp³-hybridized carbons (Fsp3) is 0.478. The minimum absolute atomic E-state index is 0.145. The number of alkyl halides is 3. The molecule has 2 fully saturated rings. The van der Waals surface area contributed by atoms with Gasteiger partial charge >= 0.3 is 6.18 Å². The minimum atomic E-state index is -4.37. The lowest BCUT2D eigenvalue weighted by atomic mass is 9.67. The van der Waals surface area contributed by atoms with E-state index < -0.39 is 17.3 Å². The van der Waals surface area contributed by atoms with Crippen molar-refractivity contribution in [3.05, 3.63) is 59.2 Å². The third-order valence-electron chi connectivity index (χ3n) is 6.90. The Morgan fingerprint density at radius 1 is 1.19 bits per heavy atom. The molecule has 1 saturated carbocycles. The molecule has 0 aromatic heterocycles. The van der Waals surface area contributed by atoms with Gasteiger partial charge in [-0.1, -0.05) is 12.1 Å². The van der Waals surface area contributed by atoms with Crippen LogP contribution in [-0.4, -0.2) is 35.2 Å². The van der Waals surface area contributed by atoms with Gasteiger partial charge in [0.15, 0.2) is 0 Å². The lowest BCUT2D eigenvalue weighted by molar-refractivity contribution is -0.137. The molecule has 4 N–H and O–H groups in total. The quantitative estimate of drug-likeness (QED) is 0.595. The summed E-state index contributed by atoms with van der Waals surface area (Å²) in [5.41, 5.74) is 7.75. The Bertz CT molecular complexity index is 981. The van der Waals surface area contributed by atoms with Crippen LogP contribution in [0.5, 0.6) is 5.75 Å². The van der Waals surface area contributed by atoms with E-state index >= 15 is 0 Å². The van der Waals surface area contributed by atoms with Crippen LogP contribution in [0.25, 0.3) is 0 Å². The van der Waals surface area contributed by atoms with Crippen molar-refractivity contribution in [1.29, 1.82) is 0 Å². The molecule has 166 valence electrons. The van der Waals surface area contributed by atoms with Crippen molar-refractivity contribution in [2.24, 2.45) is 11.7 Å². The highest BCUT2D eigenvalue weighted by atomic mass is 32.2. The van der Waals surface area contributed by atoms with Gasteiger partial charge in [-0.05, 0) is 85.0 Å². The van der Waals surface area contributed by atoms with Gasteiger partial charge in [0.25, 0.3) is 0 Å². The summed E-state index contributed by atoms with van der Waals surface area (Å²) in [6.45, 7) is 1.93. The average Bonchev–Trinajstić information content (AvgIpc) is 3.54. The van der Waals surface area contributed by atoms with E-state index in [9.17, 15) is 18.3 Å². The lowest BCUT2D eigenvalue weighted by Crippen LogP contribution is -2.70. The molecule has 1 aliphatic heterocycles. The number of phenols is 1. The van der Waals surface area contributed by atoms with Crippen molar-refractivity contribution in [3.8, 4) is 5.75 Å². The number of nitrogens with zero attached hydrogens (tertiary/aromatic N) is 1. The molecule has 5 rings (SSSR count). The van der Waals surface area contributed by atoms with E-state index in [2.05, 4.69) is 9.62 Å². The van der Waals surface area contributed by atoms with Crippen molar-refractivity contribution in [1.82, 2.24) is 9.62 Å². The molecule has 2 aromatic carbocycles. The second kappa shape index (κ2) is 7.69. The van der Waals surface area contributed by atoms with Gasteiger partial charge in [0.2, 0.25) is 0 Å². The van der Waals surface area contributed by atoms with Crippen LogP contribution < -0.4 is 10.5 Å². The topological polar surface area (TPSA) is 61.5 Å². The van der Waals surface area contributed by atoms with Crippen molar-refractivity contribution >= 4 is 11.9 Å². The summed E-state index contributed by atoms with van der Waals surface area (Å²) in [5, 5.41) is 10.1. The Labute approximate surface area is 184 Å². The normalized spacial score (nSPS) is 28.4. The van der Waals surface area contributed by atoms with Gasteiger partial charge in [-0.3, -0.25) is 9.62 Å². The Hall–Kier alpha value is -1.74. The molecule has 2 aliphatic carbocycles. The Morgan fingerprint density at radius 2 is 2.00 bits per heavy atom. The SMILES string of the molecule is N[C@]12CCN(CC3CC3)[C@H](Cc3ccc(O)cc31)[C@H]2NSc1cccc(C(F)(F)F)c1. The zero-order chi connectivity index (χ0) is 21.8. The molecule has 3 aliphatic rings. The number of phenolic OH excluding ortho intramolecular Hbond substituents is 1. The summed E-state index contributed by atoms with van der Waals surface area (Å²) in [7, 11) is 0. The summed E-state index contributed by atoms with van der Waals surface area (Å²) in [6, 6.07) is 10.8. The molecule has 0 radical (unpaired) electrons. The number of nitrogens with two attached hydrogens (primary N) is 1. The predicted octanol–water partition coefficient (Wildman–Crippen LogP) is 4.27. The first-order valence-electron chi connectivity index (χ1n) is 10.7. The maximum absolute atomic E-state index is 13.1. The van der Waals surface area contributed by atoms with Gasteiger partial charge in [-0.2, -0.15) is 13.2 Å². The Balaban J connectivity index is 1.44. The van der Waals surface area contributed by atoms with Crippen LogP contribution in [0.2, 0.25) is 0 Å². The van der Waals surface area contributed by atoms with Gasteiger partial charge < -0.3 is 10.8 Å². The highest BCUT2D eigenvalue weighted by Gasteiger charge is 2.52. The van der Waals surface area contributed by atoms with Crippen molar-refractivity contribution < 1.29 is 18.3 Å². The fourth-order valence-corrected chi connectivity index (χ4v) is 6.03. The minimum Gasteiger partial charge on any atom is -0.508 e. The van der Waals surface area contributed by atoms with Crippen LogP contribution >= 0.6 is 11.9 Å². The van der Waals surface area contributed by atoms with Crippen LogP contribution in [0, 0.1) is 5.92 Å². The molecule has 3 atom stereocenters. The number of piperidine rings is 1. The molecule has 8 heteroatoms. The molecule has 0 unspecified atom stereocenters. The lowest BCUT2D eigenvalue weighted by Gasteiger charge is -2.55. The van der Waals surface area contributed by atoms with Crippen LogP contribution in [0.15, 0.2) is 47.4 Å². The molecule has 2 bridgehead atoms. The number of rotatable bonds is 5. The first-order valence-corrected chi connectivity index (χ1v) is 11.5. The number of halogens is 3. The number of hydrogen-bond acceptors (Lipinski definition) is 5. The van der Waals surface area contributed by atoms with Crippen LogP contribution in [-0.2, 0) is 18.1 Å². The van der Waals surface area contributed by atoms with Gasteiger partial charge in [0.1, 0.15) is 5.75 Å². The average molecular weight is 450 g/mol. The van der Waals surface area contributed by atoms with Crippen molar-refractivity contribution in [2.45, 2.75) is 54.4 Å². The first kappa shape index (κ1) is 21.1. The molecule has 0 amide bonds. The van der Waals surface area contributed by atoms with Gasteiger partial charge in [-0.25, -0.2) is 0 Å². The molecule has 1 heterocycles. The molecule has 31 heavy (non-hydrogen) atoms. The number of nitrogens with one attached hydrogen (secondary N) is 1. The maximum atomic E-state index is 13.1. The number of hydrogen-bond donors (Lipinski definition) is 3. The third-order valence-corrected chi connectivity index (χ3v) is 7.76. The Morgan fingerprint density at radius 3 is 2.74 bits per heavy atom. The number of likely N-dealkylation sites (tertiary alicyclic amines) is 1. The summed E-state index contributed by atoms with van der Waals surface area (Å²) in [5.74, 6) is 0.926. The highest BCUT2D eigenvalue weighted by Crippen LogP contribution is 2.45. The van der Waals surface area contributed by atoms with E-state index in [4.69, 9.17) is 5.73 Å². The van der Waals surface area contributed by atoms with E-state index in [0.29, 0.717) is 4.90 Å². The van der Waals surface area contributed by atoms with E-state index in [-0.39, 0.29) is 17.8 Å². The van der Waals surface area contributed by atoms with Crippen molar-refractivity contribution in [3.63, 3.8) is 0 Å². The van der Waals surface area contributed by atoms with E-state index in [1.807, 2.05) is 6.07 Å². The standard InChI is InChI=1S/C23H26F3N3OS/c24-23(25,26)16-2-1-3-18(11-16)31-28-21-20-10-15-6-7-17(30)12-19(15)22(21,27)8-9-29(20)13-14-4-5-14/h1-3,6-7,11-12,14,20-21,28,30H,4-5,8-10,13,27H2/t20-,21-,22-/m1/s1. The highest BCUT2D eigenvalue weighted by molar-refractivity contribution is 7.97. The monoisotopic (exact) mass is 449 g/mol. The van der Waals surface area contributed by atoms with Gasteiger partial charge in [0, 0.05) is 24.0 Å². The number of aromatic hydroxyl groups is 1. The summed E-state index contributed by atoms with van der Waals surface area (Å²) < 4.78 is 42.8. The molecule has 1 saturated heterocycles. The summed E-state index contributed by atoms with van der Waals surface area (Å²) >= 11 is 1.21. The van der Waals surface area contributed by atoms with Crippen molar-refractivity contribution in [2.75, 3.05) is 13.1 Å². The predicted molar refractivity (Wildman–Crippen MR) is 115 cm³/mol. The maximum Gasteiger partial charge on any atom is 0.416 e. The van der Waals surface area contributed by atoms with Gasteiger partial charge in [0.05, 0.1) is 17.1 Å². The molecule has 0 spiro atoms. The molecule has 4 nitrogen and oxygen atoms in total. The second-order valence-corrected chi connectivity index (χ2v) is 9.98. The zero-order valence-electron chi connectivity index (χ0n) is 17.0. The fourth-order valence-electron chi connectivity index (χ4n) is 5.06. The molecular formula is C23H26F3N3OS. The first-order chi connectivity index (χ1) is 14.7. The smallest absolute Gasteiger partial charge is 0.416 e. The molecular weight excluding hydrogens is 423 g/mol. The van der Waals surface area contributed by atoms with E-state index in [1.165, 1.54) is 36.9 Å². The summed E-state index contributed by atoms with van der Waals surface area (Å²) in [4.78, 5) is 3.01. The van der Waals surface area contributed by atoms with E-state index in [1.54, 1.807) is 18.2 Å². The van der Waals surface area contributed by atoms with Crippen LogP contribution in [0.4, 0.5) is 13.2 Å².